The highest BCUT2D eigenvalue weighted by Crippen LogP contribution is 2.39. The fraction of sp³-hybridized carbons (Fsp3) is 0.444. The molecule has 0 atom stereocenters. The number of benzene rings is 1. The Balaban J connectivity index is 2.44. The Morgan fingerprint density at radius 3 is 2.35 bits per heavy atom. The lowest BCUT2D eigenvalue weighted by molar-refractivity contribution is 0.0652. The lowest BCUT2D eigenvalue weighted by atomic mass is 9.72. The summed E-state index contributed by atoms with van der Waals surface area (Å²) in [5.41, 5.74) is 1.90. The molecule has 5 nitrogen and oxygen atoms in total. The first-order valence-electron chi connectivity index (χ1n) is 7.53. The molecule has 0 aliphatic rings. The van der Waals surface area contributed by atoms with Crippen LogP contribution in [0.5, 0.6) is 5.75 Å². The van der Waals surface area contributed by atoms with Crippen molar-refractivity contribution < 1.29 is 19.5 Å². The Hall–Kier alpha value is -2.30. The average Bonchev–Trinajstić information content (AvgIpc) is 2.85. The van der Waals surface area contributed by atoms with Gasteiger partial charge in [0.2, 0.25) is 5.76 Å². The first-order valence-corrected chi connectivity index (χ1v) is 7.53. The molecule has 0 saturated carbocycles. The van der Waals surface area contributed by atoms with Crippen LogP contribution >= 0.6 is 0 Å². The molecular weight excluding hydrogens is 294 g/mol. The van der Waals surface area contributed by atoms with Crippen LogP contribution in [0.25, 0.3) is 11.3 Å². The summed E-state index contributed by atoms with van der Waals surface area (Å²) in [6.07, 6.45) is 0.962. The highest BCUT2D eigenvalue weighted by molar-refractivity contribution is 5.86. The molecule has 124 valence electrons. The maximum atomic E-state index is 10.9. The van der Waals surface area contributed by atoms with Crippen LogP contribution in [-0.4, -0.2) is 21.3 Å². The van der Waals surface area contributed by atoms with E-state index < -0.39 is 5.97 Å². The van der Waals surface area contributed by atoms with Crippen molar-refractivity contribution in [1.29, 1.82) is 0 Å². The molecule has 0 aliphatic carbocycles. The number of carboxylic acids is 1. The second kappa shape index (κ2) is 5.72. The molecule has 0 radical (unpaired) electrons. The molecule has 1 aromatic carbocycles. The van der Waals surface area contributed by atoms with Crippen molar-refractivity contribution in [2.75, 3.05) is 0 Å². The van der Waals surface area contributed by atoms with Crippen molar-refractivity contribution in [2.24, 2.45) is 5.41 Å². The fourth-order valence-corrected chi connectivity index (χ4v) is 3.09. The van der Waals surface area contributed by atoms with Crippen LogP contribution in [0.1, 0.15) is 57.2 Å². The average molecular weight is 317 g/mol. The van der Waals surface area contributed by atoms with Crippen molar-refractivity contribution >= 4 is 5.97 Å². The summed E-state index contributed by atoms with van der Waals surface area (Å²) in [6.45, 7) is 10.9. The minimum atomic E-state index is -1.19. The van der Waals surface area contributed by atoms with Crippen LogP contribution in [0, 0.1) is 5.41 Å². The van der Waals surface area contributed by atoms with E-state index in [-0.39, 0.29) is 22.3 Å². The lowest BCUT2D eigenvalue weighted by Crippen LogP contribution is -2.24. The molecule has 2 N–H and O–H groups in total. The Bertz CT molecular complexity index is 723. The molecule has 0 unspecified atom stereocenters. The Labute approximate surface area is 135 Å². The smallest absolute Gasteiger partial charge is 0.374 e. The van der Waals surface area contributed by atoms with E-state index in [4.69, 9.17) is 9.63 Å². The summed E-state index contributed by atoms with van der Waals surface area (Å²) in [6, 6.07) is 6.68. The lowest BCUT2D eigenvalue weighted by Gasteiger charge is -2.33. The predicted octanol–water partition coefficient (Wildman–Crippen LogP) is 4.46. The summed E-state index contributed by atoms with van der Waals surface area (Å²) < 4.78 is 4.78. The quantitative estimate of drug-likeness (QED) is 0.869. The zero-order valence-corrected chi connectivity index (χ0v) is 14.2. The van der Waals surface area contributed by atoms with E-state index in [2.05, 4.69) is 39.8 Å². The number of nitrogens with zero attached hydrogens (tertiary/aromatic N) is 1. The van der Waals surface area contributed by atoms with Crippen molar-refractivity contribution in [1.82, 2.24) is 5.16 Å². The topological polar surface area (TPSA) is 83.6 Å². The largest absolute Gasteiger partial charge is 0.507 e. The summed E-state index contributed by atoms with van der Waals surface area (Å²) in [5.74, 6) is -1.39. The number of hydrogen-bond donors (Lipinski definition) is 2. The van der Waals surface area contributed by atoms with Gasteiger partial charge in [-0.2, -0.15) is 0 Å². The van der Waals surface area contributed by atoms with Crippen molar-refractivity contribution in [3.63, 3.8) is 0 Å². The molecule has 1 aromatic heterocycles. The number of carbonyl (C=O) groups is 1. The van der Waals surface area contributed by atoms with Gasteiger partial charge in [-0.05, 0) is 34.9 Å². The van der Waals surface area contributed by atoms with Crippen molar-refractivity contribution in [3.8, 4) is 17.0 Å². The predicted molar refractivity (Wildman–Crippen MR) is 87.7 cm³/mol. The van der Waals surface area contributed by atoms with Gasteiger partial charge in [-0.25, -0.2) is 4.79 Å². The number of carboxylic acid groups (broad SMARTS) is 1. The second-order valence-corrected chi connectivity index (χ2v) is 7.73. The highest BCUT2D eigenvalue weighted by Gasteiger charge is 2.28. The Morgan fingerprint density at radius 2 is 1.83 bits per heavy atom. The molecule has 1 heterocycles. The van der Waals surface area contributed by atoms with Crippen LogP contribution in [0.15, 0.2) is 28.8 Å². The van der Waals surface area contributed by atoms with Crippen LogP contribution in [0.3, 0.4) is 0 Å². The molecule has 2 aromatic rings. The molecule has 2 rings (SSSR count). The van der Waals surface area contributed by atoms with E-state index in [1.54, 1.807) is 6.07 Å². The number of phenolic OH excluding ortho intramolecular Hbond substituents is 1. The zero-order chi connectivity index (χ0) is 17.4. The van der Waals surface area contributed by atoms with Gasteiger partial charge in [0.05, 0.1) is 0 Å². The highest BCUT2D eigenvalue weighted by atomic mass is 16.5. The van der Waals surface area contributed by atoms with E-state index in [1.807, 2.05) is 12.1 Å². The number of aromatic hydroxyl groups is 1. The summed E-state index contributed by atoms with van der Waals surface area (Å²) in [7, 11) is 0. The zero-order valence-electron chi connectivity index (χ0n) is 14.2. The van der Waals surface area contributed by atoms with Gasteiger partial charge in [0, 0.05) is 11.6 Å². The number of hydrogen-bond acceptors (Lipinski definition) is 4. The molecule has 23 heavy (non-hydrogen) atoms. The number of phenols is 1. The SMILES string of the molecule is CC(C)(C)CC(C)(C)c1ccc(O)c(-c2cc(C(=O)O)on2)c1. The van der Waals surface area contributed by atoms with E-state index in [9.17, 15) is 9.90 Å². The monoisotopic (exact) mass is 317 g/mol. The van der Waals surface area contributed by atoms with Crippen molar-refractivity contribution in [3.05, 3.63) is 35.6 Å². The molecular formula is C18H23NO4. The summed E-state index contributed by atoms with van der Waals surface area (Å²) in [5, 5.41) is 22.8. The third kappa shape index (κ3) is 3.92. The van der Waals surface area contributed by atoms with Gasteiger partial charge < -0.3 is 14.7 Å². The van der Waals surface area contributed by atoms with Crippen LogP contribution in [-0.2, 0) is 5.41 Å². The van der Waals surface area contributed by atoms with Crippen LogP contribution in [0.2, 0.25) is 0 Å². The minimum absolute atomic E-state index is 0.0468. The van der Waals surface area contributed by atoms with Gasteiger partial charge in [-0.1, -0.05) is 45.8 Å². The van der Waals surface area contributed by atoms with Gasteiger partial charge in [-0.15, -0.1) is 0 Å². The number of aromatic carboxylic acids is 1. The minimum Gasteiger partial charge on any atom is -0.507 e. The Kier molecular flexibility index (Phi) is 4.24. The van der Waals surface area contributed by atoms with Gasteiger partial charge >= 0.3 is 5.97 Å². The molecule has 0 fully saturated rings. The maximum Gasteiger partial charge on any atom is 0.374 e. The van der Waals surface area contributed by atoms with Crippen molar-refractivity contribution in [2.45, 2.75) is 46.5 Å². The Morgan fingerprint density at radius 1 is 1.17 bits per heavy atom. The van der Waals surface area contributed by atoms with E-state index >= 15 is 0 Å². The third-order valence-electron chi connectivity index (χ3n) is 3.75. The molecule has 0 aliphatic heterocycles. The normalized spacial score (nSPS) is 12.4. The summed E-state index contributed by atoms with van der Waals surface area (Å²) >= 11 is 0. The first-order chi connectivity index (χ1) is 10.5. The second-order valence-electron chi connectivity index (χ2n) is 7.73. The first kappa shape index (κ1) is 17.1. The molecule has 0 bridgehead atoms. The van der Waals surface area contributed by atoms with Crippen LogP contribution in [0.4, 0.5) is 0 Å². The van der Waals surface area contributed by atoms with Gasteiger partial charge in [-0.3, -0.25) is 0 Å². The summed E-state index contributed by atoms with van der Waals surface area (Å²) in [4.78, 5) is 10.9. The van der Waals surface area contributed by atoms with Gasteiger partial charge in [0.1, 0.15) is 11.4 Å². The maximum absolute atomic E-state index is 10.9. The van der Waals surface area contributed by atoms with Gasteiger partial charge in [0.25, 0.3) is 0 Å². The van der Waals surface area contributed by atoms with Crippen LogP contribution < -0.4 is 0 Å². The number of aromatic nitrogens is 1. The molecule has 5 heteroatoms. The van der Waals surface area contributed by atoms with Gasteiger partial charge in [0.15, 0.2) is 0 Å². The third-order valence-corrected chi connectivity index (χ3v) is 3.75. The molecule has 0 spiro atoms. The number of rotatable bonds is 4. The van der Waals surface area contributed by atoms with E-state index in [0.717, 1.165) is 12.0 Å². The molecule has 0 saturated heterocycles. The molecule has 0 amide bonds. The fourth-order valence-electron chi connectivity index (χ4n) is 3.09. The van der Waals surface area contributed by atoms with E-state index in [1.165, 1.54) is 6.07 Å². The van der Waals surface area contributed by atoms with E-state index in [0.29, 0.717) is 11.3 Å². The standard InChI is InChI=1S/C18H23NO4/c1-17(2,3)10-18(4,5)11-6-7-14(20)12(8-11)13-9-15(16(21)22)23-19-13/h6-9,20H,10H2,1-5H3,(H,21,22).